The summed E-state index contributed by atoms with van der Waals surface area (Å²) in [6.07, 6.45) is 6.35. The van der Waals surface area contributed by atoms with Gasteiger partial charge >= 0.3 is 0 Å². The van der Waals surface area contributed by atoms with Crippen molar-refractivity contribution in [3.8, 4) is 0 Å². The summed E-state index contributed by atoms with van der Waals surface area (Å²) in [5.74, 6) is 0.711. The second-order valence-corrected chi connectivity index (χ2v) is 2.33. The summed E-state index contributed by atoms with van der Waals surface area (Å²) in [5, 5.41) is 10.2. The molecule has 2 heterocycles. The third kappa shape index (κ3) is 0.675. The minimum atomic E-state index is 0.711. The highest BCUT2D eigenvalue weighted by Gasteiger charge is 2.18. The molecule has 3 nitrogen and oxygen atoms in total. The van der Waals surface area contributed by atoms with E-state index in [0.717, 1.165) is 23.6 Å². The molecule has 0 aromatic rings. The molecule has 0 radical (unpaired) electrons. The van der Waals surface area contributed by atoms with Crippen LogP contribution in [0.15, 0.2) is 28.9 Å². The molecule has 0 saturated carbocycles. The number of hydrogen-bond donors (Lipinski definition) is 1. The van der Waals surface area contributed by atoms with Crippen molar-refractivity contribution < 1.29 is 5.21 Å². The Morgan fingerprint density at radius 2 is 2.50 bits per heavy atom. The van der Waals surface area contributed by atoms with Gasteiger partial charge < -0.3 is 0 Å². The first-order chi connectivity index (χ1) is 4.88. The average Bonchev–Trinajstić information content (AvgIpc) is 2.36. The Morgan fingerprint density at radius 3 is 3.30 bits per heavy atom. The van der Waals surface area contributed by atoms with Crippen molar-refractivity contribution in [3.63, 3.8) is 0 Å². The molecule has 0 aromatic heterocycles. The molecule has 0 unspecified atom stereocenters. The first-order valence-electron chi connectivity index (χ1n) is 3.28. The van der Waals surface area contributed by atoms with Gasteiger partial charge in [0.25, 0.3) is 0 Å². The normalized spacial score (nSPS) is 22.3. The fraction of sp³-hybridized carbons (Fsp3) is 0.286. The van der Waals surface area contributed by atoms with Crippen LogP contribution in [-0.4, -0.2) is 22.7 Å². The van der Waals surface area contributed by atoms with E-state index in [2.05, 4.69) is 4.99 Å². The zero-order valence-corrected chi connectivity index (χ0v) is 5.49. The second-order valence-electron chi connectivity index (χ2n) is 2.33. The maximum Gasteiger partial charge on any atom is 0.155 e. The van der Waals surface area contributed by atoms with Gasteiger partial charge in [0.15, 0.2) is 5.84 Å². The zero-order chi connectivity index (χ0) is 6.97. The van der Waals surface area contributed by atoms with Crippen LogP contribution >= 0.6 is 0 Å². The molecule has 0 atom stereocenters. The molecule has 0 bridgehead atoms. The quantitative estimate of drug-likeness (QED) is 0.537. The van der Waals surface area contributed by atoms with Crippen molar-refractivity contribution in [1.82, 2.24) is 5.06 Å². The Balaban J connectivity index is 2.39. The van der Waals surface area contributed by atoms with Crippen LogP contribution in [0.1, 0.15) is 6.42 Å². The summed E-state index contributed by atoms with van der Waals surface area (Å²) in [5.41, 5.74) is 1.13. The molecule has 0 aromatic carbocycles. The van der Waals surface area contributed by atoms with Gasteiger partial charge in [-0.25, -0.2) is 5.06 Å². The van der Waals surface area contributed by atoms with Crippen molar-refractivity contribution in [2.24, 2.45) is 4.99 Å². The van der Waals surface area contributed by atoms with Crippen molar-refractivity contribution >= 4 is 5.84 Å². The lowest BCUT2D eigenvalue weighted by Gasteiger charge is -2.15. The summed E-state index contributed by atoms with van der Waals surface area (Å²) >= 11 is 0. The number of rotatable bonds is 0. The predicted octanol–water partition coefficient (Wildman–Crippen LogP) is 0.933. The molecule has 10 heavy (non-hydrogen) atoms. The smallest absolute Gasteiger partial charge is 0.155 e. The van der Waals surface area contributed by atoms with E-state index in [-0.39, 0.29) is 0 Å². The first-order valence-corrected chi connectivity index (χ1v) is 3.28. The molecule has 0 amide bonds. The van der Waals surface area contributed by atoms with Gasteiger partial charge in [-0.15, -0.1) is 0 Å². The van der Waals surface area contributed by atoms with Gasteiger partial charge in [-0.3, -0.25) is 10.2 Å². The molecule has 0 fully saturated rings. The number of hydrogen-bond acceptors (Lipinski definition) is 3. The van der Waals surface area contributed by atoms with Gasteiger partial charge in [-0.2, -0.15) is 0 Å². The van der Waals surface area contributed by atoms with E-state index in [0.29, 0.717) is 5.84 Å². The number of amidine groups is 1. The van der Waals surface area contributed by atoms with E-state index < -0.39 is 0 Å². The van der Waals surface area contributed by atoms with Crippen LogP contribution in [0.25, 0.3) is 0 Å². The van der Waals surface area contributed by atoms with Crippen LogP contribution in [0, 0.1) is 0 Å². The highest BCUT2D eigenvalue weighted by Crippen LogP contribution is 2.18. The van der Waals surface area contributed by atoms with Gasteiger partial charge in [-0.05, 0) is 18.1 Å². The lowest BCUT2D eigenvalue weighted by molar-refractivity contribution is 0.0377. The number of aliphatic imine (C=N–C) groups is 1. The minimum absolute atomic E-state index is 0.711. The molecule has 52 valence electrons. The van der Waals surface area contributed by atoms with Crippen molar-refractivity contribution in [2.45, 2.75) is 6.42 Å². The summed E-state index contributed by atoms with van der Waals surface area (Å²) in [6.45, 7) is 0.805. The monoisotopic (exact) mass is 136 g/mol. The fourth-order valence-electron chi connectivity index (χ4n) is 1.18. The SMILES string of the molecule is ON1C=CC=C2CCN=C21. The molecule has 2 rings (SSSR count). The maximum absolute atomic E-state index is 9.15. The van der Waals surface area contributed by atoms with Crippen LogP contribution in [-0.2, 0) is 0 Å². The number of nitrogens with zero attached hydrogens (tertiary/aromatic N) is 2. The largest absolute Gasteiger partial charge is 0.283 e. The van der Waals surface area contributed by atoms with Crippen LogP contribution < -0.4 is 0 Å². The highest BCUT2D eigenvalue weighted by molar-refractivity contribution is 6.00. The molecule has 0 aliphatic carbocycles. The number of hydroxylamine groups is 2. The van der Waals surface area contributed by atoms with Crippen LogP contribution in [0.2, 0.25) is 0 Å². The van der Waals surface area contributed by atoms with Crippen molar-refractivity contribution in [2.75, 3.05) is 6.54 Å². The summed E-state index contributed by atoms with van der Waals surface area (Å²) in [4.78, 5) is 4.11. The van der Waals surface area contributed by atoms with E-state index in [1.807, 2.05) is 12.2 Å². The van der Waals surface area contributed by atoms with E-state index in [1.54, 1.807) is 6.20 Å². The van der Waals surface area contributed by atoms with E-state index >= 15 is 0 Å². The number of allylic oxidation sites excluding steroid dienone is 2. The molecule has 2 aliphatic heterocycles. The molecule has 0 saturated heterocycles. The van der Waals surface area contributed by atoms with Gasteiger partial charge in [0, 0.05) is 12.7 Å². The Bertz CT molecular complexity index is 240. The molecular weight excluding hydrogens is 128 g/mol. The Morgan fingerprint density at radius 1 is 1.60 bits per heavy atom. The topological polar surface area (TPSA) is 35.8 Å². The molecule has 3 heteroatoms. The summed E-state index contributed by atoms with van der Waals surface area (Å²) in [6, 6.07) is 0. The molecular formula is C7H8N2O. The third-order valence-corrected chi connectivity index (χ3v) is 1.67. The Hall–Kier alpha value is -1.09. The highest BCUT2D eigenvalue weighted by atomic mass is 16.5. The average molecular weight is 136 g/mol. The number of fused-ring (bicyclic) bond motifs is 1. The fourth-order valence-corrected chi connectivity index (χ4v) is 1.18. The van der Waals surface area contributed by atoms with Gasteiger partial charge in [0.2, 0.25) is 0 Å². The lowest BCUT2D eigenvalue weighted by atomic mass is 10.1. The Kier molecular flexibility index (Phi) is 1.11. The van der Waals surface area contributed by atoms with Gasteiger partial charge in [-0.1, -0.05) is 6.08 Å². The molecule has 0 spiro atoms. The standard InChI is InChI=1S/C7H8N2O/c10-9-5-1-2-6-3-4-8-7(6)9/h1-2,5,10H,3-4H2. The predicted molar refractivity (Wildman–Crippen MR) is 37.8 cm³/mol. The van der Waals surface area contributed by atoms with E-state index in [1.165, 1.54) is 0 Å². The first kappa shape index (κ1) is 5.68. The van der Waals surface area contributed by atoms with Crippen LogP contribution in [0.3, 0.4) is 0 Å². The van der Waals surface area contributed by atoms with Gasteiger partial charge in [0.05, 0.1) is 0 Å². The molecule has 1 N–H and O–H groups in total. The lowest BCUT2D eigenvalue weighted by Crippen LogP contribution is -2.23. The Labute approximate surface area is 58.9 Å². The van der Waals surface area contributed by atoms with E-state index in [9.17, 15) is 0 Å². The third-order valence-electron chi connectivity index (χ3n) is 1.67. The summed E-state index contributed by atoms with van der Waals surface area (Å²) in [7, 11) is 0. The second kappa shape index (κ2) is 1.95. The van der Waals surface area contributed by atoms with E-state index in [4.69, 9.17) is 5.21 Å². The van der Waals surface area contributed by atoms with Crippen molar-refractivity contribution in [3.05, 3.63) is 23.9 Å². The van der Waals surface area contributed by atoms with Gasteiger partial charge in [0.1, 0.15) is 0 Å². The minimum Gasteiger partial charge on any atom is -0.283 e. The summed E-state index contributed by atoms with van der Waals surface area (Å²) < 4.78 is 0. The zero-order valence-electron chi connectivity index (χ0n) is 5.49. The molecule has 2 aliphatic rings. The van der Waals surface area contributed by atoms with Crippen LogP contribution in [0.4, 0.5) is 0 Å². The van der Waals surface area contributed by atoms with Crippen molar-refractivity contribution in [1.29, 1.82) is 0 Å². The maximum atomic E-state index is 9.15. The van der Waals surface area contributed by atoms with Crippen LogP contribution in [0.5, 0.6) is 0 Å².